The largest absolute Gasteiger partial charge is 0.508 e. The predicted molar refractivity (Wildman–Crippen MR) is 62.1 cm³/mol. The number of aromatic hydroxyl groups is 1. The van der Waals surface area contributed by atoms with Crippen LogP contribution in [-0.2, 0) is 6.42 Å². The van der Waals surface area contributed by atoms with Crippen LogP contribution in [0.1, 0.15) is 31.7 Å². The van der Waals surface area contributed by atoms with Gasteiger partial charge >= 0.3 is 0 Å². The first-order valence-electron chi connectivity index (χ1n) is 5.72. The van der Waals surface area contributed by atoms with E-state index < -0.39 is 0 Å². The first-order chi connectivity index (χ1) is 7.20. The normalized spacial score (nSPS) is 26.5. The maximum absolute atomic E-state index is 9.73. The summed E-state index contributed by atoms with van der Waals surface area (Å²) < 4.78 is 0. The molecule has 2 N–H and O–H groups in total. The molecule has 0 amide bonds. The highest BCUT2D eigenvalue weighted by Gasteiger charge is 2.26. The lowest BCUT2D eigenvalue weighted by molar-refractivity contribution is 0.274. The van der Waals surface area contributed by atoms with Crippen molar-refractivity contribution in [2.24, 2.45) is 0 Å². The fraction of sp³-hybridized carbons (Fsp3) is 0.538. The highest BCUT2D eigenvalue weighted by Crippen LogP contribution is 2.27. The molecule has 1 heterocycles. The minimum atomic E-state index is 0.164. The van der Waals surface area contributed by atoms with E-state index in [-0.39, 0.29) is 5.54 Å². The van der Waals surface area contributed by atoms with Gasteiger partial charge in [-0.05, 0) is 44.4 Å². The monoisotopic (exact) mass is 205 g/mol. The van der Waals surface area contributed by atoms with Gasteiger partial charge in [0.25, 0.3) is 0 Å². The number of nitrogens with one attached hydrogen (secondary N) is 1. The third-order valence-electron chi connectivity index (χ3n) is 3.28. The minimum Gasteiger partial charge on any atom is -0.508 e. The maximum atomic E-state index is 9.73. The molecular weight excluding hydrogens is 186 g/mol. The Morgan fingerprint density at radius 1 is 1.33 bits per heavy atom. The molecule has 0 bridgehead atoms. The van der Waals surface area contributed by atoms with Crippen molar-refractivity contribution in [2.75, 3.05) is 6.54 Å². The molecule has 1 unspecified atom stereocenters. The van der Waals surface area contributed by atoms with Crippen LogP contribution in [0.3, 0.4) is 0 Å². The van der Waals surface area contributed by atoms with Crippen LogP contribution in [0, 0.1) is 0 Å². The summed E-state index contributed by atoms with van der Waals surface area (Å²) in [5.41, 5.74) is 1.21. The first-order valence-corrected chi connectivity index (χ1v) is 5.72. The van der Waals surface area contributed by atoms with E-state index in [1.54, 1.807) is 6.07 Å². The fourth-order valence-electron chi connectivity index (χ4n) is 2.35. The van der Waals surface area contributed by atoms with E-state index in [9.17, 15) is 5.11 Å². The highest BCUT2D eigenvalue weighted by atomic mass is 16.3. The minimum absolute atomic E-state index is 0.164. The number of rotatable bonds is 2. The fourth-order valence-corrected chi connectivity index (χ4v) is 2.35. The van der Waals surface area contributed by atoms with E-state index >= 15 is 0 Å². The standard InChI is InChI=1S/C13H19NO/c1-13(8-4-5-9-14-13)10-11-6-2-3-7-12(11)15/h2-3,6-7,14-15H,4-5,8-10H2,1H3. The molecule has 1 aliphatic heterocycles. The topological polar surface area (TPSA) is 32.3 Å². The van der Waals surface area contributed by atoms with E-state index in [1.165, 1.54) is 19.3 Å². The zero-order valence-corrected chi connectivity index (χ0v) is 9.29. The molecule has 2 rings (SSSR count). The van der Waals surface area contributed by atoms with Crippen molar-refractivity contribution in [3.8, 4) is 5.75 Å². The summed E-state index contributed by atoms with van der Waals surface area (Å²) in [7, 11) is 0. The summed E-state index contributed by atoms with van der Waals surface area (Å²) >= 11 is 0. The molecule has 1 aliphatic rings. The average Bonchev–Trinajstić information content (AvgIpc) is 2.22. The Morgan fingerprint density at radius 2 is 2.13 bits per heavy atom. The molecule has 0 radical (unpaired) electrons. The number of piperidine rings is 1. The van der Waals surface area contributed by atoms with Crippen LogP contribution in [-0.4, -0.2) is 17.2 Å². The second-order valence-corrected chi connectivity index (χ2v) is 4.75. The van der Waals surface area contributed by atoms with E-state index in [2.05, 4.69) is 12.2 Å². The van der Waals surface area contributed by atoms with Crippen molar-refractivity contribution in [3.05, 3.63) is 29.8 Å². The van der Waals surface area contributed by atoms with Crippen molar-refractivity contribution < 1.29 is 5.11 Å². The summed E-state index contributed by atoms with van der Waals surface area (Å²) in [5.74, 6) is 0.422. The van der Waals surface area contributed by atoms with Gasteiger partial charge in [-0.25, -0.2) is 0 Å². The molecule has 15 heavy (non-hydrogen) atoms. The molecule has 1 saturated heterocycles. The van der Waals surface area contributed by atoms with Gasteiger partial charge in [-0.15, -0.1) is 0 Å². The SMILES string of the molecule is CC1(Cc2ccccc2O)CCCCN1. The molecule has 2 nitrogen and oxygen atoms in total. The number of phenolic OH excluding ortho intramolecular Hbond substituents is 1. The maximum Gasteiger partial charge on any atom is 0.118 e. The Bertz CT molecular complexity index is 329. The van der Waals surface area contributed by atoms with E-state index in [0.717, 1.165) is 18.5 Å². The lowest BCUT2D eigenvalue weighted by atomic mass is 9.85. The van der Waals surface area contributed by atoms with E-state index in [0.29, 0.717) is 5.75 Å². The Balaban J connectivity index is 2.10. The molecule has 0 spiro atoms. The van der Waals surface area contributed by atoms with Gasteiger partial charge in [0.05, 0.1) is 0 Å². The summed E-state index contributed by atoms with van der Waals surface area (Å²) in [6.07, 6.45) is 4.68. The zero-order valence-electron chi connectivity index (χ0n) is 9.29. The lowest BCUT2D eigenvalue weighted by Crippen LogP contribution is -2.47. The molecule has 1 atom stereocenters. The number of para-hydroxylation sites is 1. The van der Waals surface area contributed by atoms with Gasteiger partial charge in [0.1, 0.15) is 5.75 Å². The molecule has 82 valence electrons. The average molecular weight is 205 g/mol. The van der Waals surface area contributed by atoms with Gasteiger partial charge in [-0.3, -0.25) is 0 Å². The van der Waals surface area contributed by atoms with Crippen LogP contribution >= 0.6 is 0 Å². The number of hydrogen-bond donors (Lipinski definition) is 2. The van der Waals surface area contributed by atoms with Crippen molar-refractivity contribution in [1.82, 2.24) is 5.32 Å². The molecule has 1 aromatic carbocycles. The van der Waals surface area contributed by atoms with Crippen LogP contribution in [0.4, 0.5) is 0 Å². The van der Waals surface area contributed by atoms with Gasteiger partial charge < -0.3 is 10.4 Å². The number of benzene rings is 1. The Kier molecular flexibility index (Phi) is 2.96. The van der Waals surface area contributed by atoms with E-state index in [1.807, 2.05) is 18.2 Å². The second kappa shape index (κ2) is 4.23. The van der Waals surface area contributed by atoms with E-state index in [4.69, 9.17) is 0 Å². The van der Waals surface area contributed by atoms with Gasteiger partial charge in [-0.1, -0.05) is 24.6 Å². The third-order valence-corrected chi connectivity index (χ3v) is 3.28. The molecule has 0 aliphatic carbocycles. The Hall–Kier alpha value is -1.02. The second-order valence-electron chi connectivity index (χ2n) is 4.75. The van der Waals surface area contributed by atoms with Crippen LogP contribution in [0.5, 0.6) is 5.75 Å². The highest BCUT2D eigenvalue weighted by molar-refractivity contribution is 5.33. The predicted octanol–water partition coefficient (Wildman–Crippen LogP) is 2.47. The molecule has 1 fully saturated rings. The summed E-state index contributed by atoms with van der Waals surface area (Å²) in [6.45, 7) is 3.35. The number of phenols is 1. The van der Waals surface area contributed by atoms with Crippen LogP contribution in [0.2, 0.25) is 0 Å². The zero-order chi connectivity index (χ0) is 10.7. The molecule has 1 aromatic rings. The van der Waals surface area contributed by atoms with Gasteiger partial charge in [-0.2, -0.15) is 0 Å². The van der Waals surface area contributed by atoms with Crippen molar-refractivity contribution in [2.45, 2.75) is 38.1 Å². The molecule has 0 saturated carbocycles. The molecule has 0 aromatic heterocycles. The van der Waals surface area contributed by atoms with Gasteiger partial charge in [0, 0.05) is 5.54 Å². The van der Waals surface area contributed by atoms with Gasteiger partial charge in [0.2, 0.25) is 0 Å². The molecular formula is C13H19NO. The summed E-state index contributed by atoms with van der Waals surface area (Å²) in [4.78, 5) is 0. The van der Waals surface area contributed by atoms with Crippen molar-refractivity contribution >= 4 is 0 Å². The lowest BCUT2D eigenvalue weighted by Gasteiger charge is -2.35. The third kappa shape index (κ3) is 2.51. The van der Waals surface area contributed by atoms with Crippen LogP contribution in [0.15, 0.2) is 24.3 Å². The van der Waals surface area contributed by atoms with Gasteiger partial charge in [0.15, 0.2) is 0 Å². The first kappa shape index (κ1) is 10.5. The Labute approximate surface area is 91.3 Å². The quantitative estimate of drug-likeness (QED) is 0.777. The number of hydrogen-bond acceptors (Lipinski definition) is 2. The van der Waals surface area contributed by atoms with Crippen LogP contribution in [0.25, 0.3) is 0 Å². The van der Waals surface area contributed by atoms with Crippen molar-refractivity contribution in [3.63, 3.8) is 0 Å². The summed E-state index contributed by atoms with van der Waals surface area (Å²) in [6, 6.07) is 7.63. The Morgan fingerprint density at radius 3 is 2.80 bits per heavy atom. The molecule has 2 heteroatoms. The van der Waals surface area contributed by atoms with Crippen molar-refractivity contribution in [1.29, 1.82) is 0 Å². The van der Waals surface area contributed by atoms with Crippen LogP contribution < -0.4 is 5.32 Å². The smallest absolute Gasteiger partial charge is 0.118 e. The summed E-state index contributed by atoms with van der Waals surface area (Å²) in [5, 5.41) is 13.3.